The van der Waals surface area contributed by atoms with Gasteiger partial charge in [-0.2, -0.15) is 0 Å². The van der Waals surface area contributed by atoms with Gasteiger partial charge in [0.2, 0.25) is 11.8 Å². The van der Waals surface area contributed by atoms with Crippen LogP contribution in [-0.4, -0.2) is 94.0 Å². The molecule has 2 aliphatic heterocycles. The maximum Gasteiger partial charge on any atom is 0.306 e. The van der Waals surface area contributed by atoms with Crippen molar-refractivity contribution in [2.24, 2.45) is 10.4 Å². The number of fused-ring (bicyclic) bond motifs is 3. The molecular formula is C48H51N9O6S2. The van der Waals surface area contributed by atoms with Crippen LogP contribution in [0.4, 0.5) is 0 Å². The number of aliphatic imine (C=N–C) groups is 1. The number of carboxylic acid groups (broad SMARTS) is 1. The molecule has 0 saturated carbocycles. The lowest BCUT2D eigenvalue weighted by atomic mass is 9.85. The Bertz CT molecular complexity index is 2820. The molecule has 0 unspecified atom stereocenters. The highest BCUT2D eigenvalue weighted by molar-refractivity contribution is 7.15. The molecule has 0 aliphatic carbocycles. The summed E-state index contributed by atoms with van der Waals surface area (Å²) in [6, 6.07) is 15.9. The van der Waals surface area contributed by atoms with Gasteiger partial charge < -0.3 is 25.7 Å². The third kappa shape index (κ3) is 9.00. The number of aliphatic carboxylic acids is 1. The molecule has 1 fully saturated rings. The van der Waals surface area contributed by atoms with Crippen molar-refractivity contribution in [2.45, 2.75) is 98.5 Å². The van der Waals surface area contributed by atoms with Crippen molar-refractivity contribution >= 4 is 52.1 Å². The summed E-state index contributed by atoms with van der Waals surface area (Å²) in [4.78, 5) is 71.4. The lowest BCUT2D eigenvalue weighted by molar-refractivity contribution is -0.142. The zero-order chi connectivity index (χ0) is 46.5. The summed E-state index contributed by atoms with van der Waals surface area (Å²) in [5, 5.41) is 36.0. The predicted molar refractivity (Wildman–Crippen MR) is 249 cm³/mol. The average Bonchev–Trinajstić information content (AvgIpc) is 4.04. The van der Waals surface area contributed by atoms with Crippen molar-refractivity contribution in [3.8, 4) is 26.7 Å². The van der Waals surface area contributed by atoms with Crippen molar-refractivity contribution in [2.75, 3.05) is 6.54 Å². The molecule has 336 valence electrons. The molecule has 65 heavy (non-hydrogen) atoms. The smallest absolute Gasteiger partial charge is 0.306 e. The zero-order valence-electron chi connectivity index (χ0n) is 37.4. The third-order valence-electron chi connectivity index (χ3n) is 12.1. The molecule has 15 nitrogen and oxygen atoms in total. The summed E-state index contributed by atoms with van der Waals surface area (Å²) in [6.07, 6.45) is 0.377. The van der Waals surface area contributed by atoms with Crippen LogP contribution >= 0.6 is 22.7 Å². The fourth-order valence-electron chi connectivity index (χ4n) is 8.42. The maximum absolute atomic E-state index is 14.3. The molecule has 2 aliphatic rings. The number of thiophene rings is 1. The van der Waals surface area contributed by atoms with Gasteiger partial charge in [0, 0.05) is 40.7 Å². The van der Waals surface area contributed by atoms with E-state index < -0.39 is 47.4 Å². The molecule has 0 spiro atoms. The van der Waals surface area contributed by atoms with Crippen LogP contribution in [0.25, 0.3) is 26.7 Å². The number of aryl methyl sites for hydroxylation is 3. The first-order valence-corrected chi connectivity index (χ1v) is 23.1. The fraction of sp³-hybridized carbons (Fsp3) is 0.354. The van der Waals surface area contributed by atoms with Gasteiger partial charge in [-0.15, -0.1) is 32.9 Å². The molecule has 17 heteroatoms. The molecular weight excluding hydrogens is 863 g/mol. The summed E-state index contributed by atoms with van der Waals surface area (Å²) in [7, 11) is 0. The number of nitrogens with one attached hydrogen (secondary N) is 2. The molecule has 4 N–H and O–H groups in total. The van der Waals surface area contributed by atoms with Gasteiger partial charge in [-0.3, -0.25) is 33.7 Å². The first-order chi connectivity index (χ1) is 30.9. The molecule has 4 aromatic heterocycles. The van der Waals surface area contributed by atoms with E-state index in [4.69, 9.17) is 4.99 Å². The Hall–Kier alpha value is -6.43. The molecule has 6 aromatic rings. The summed E-state index contributed by atoms with van der Waals surface area (Å²) >= 11 is 3.16. The minimum absolute atomic E-state index is 0.0438. The van der Waals surface area contributed by atoms with Crippen molar-refractivity contribution in [1.29, 1.82) is 0 Å². The van der Waals surface area contributed by atoms with Crippen LogP contribution in [0.3, 0.4) is 0 Å². The van der Waals surface area contributed by atoms with Gasteiger partial charge in [0.15, 0.2) is 5.82 Å². The first-order valence-electron chi connectivity index (χ1n) is 21.4. The van der Waals surface area contributed by atoms with E-state index in [1.807, 2.05) is 114 Å². The van der Waals surface area contributed by atoms with Crippen LogP contribution in [0.5, 0.6) is 0 Å². The molecule has 3 amide bonds. The van der Waals surface area contributed by atoms with E-state index in [1.165, 1.54) is 11.1 Å². The average molecular weight is 914 g/mol. The number of aliphatic hydroxyl groups excluding tert-OH is 1. The number of nitrogens with zero attached hydrogens (tertiary/aromatic N) is 7. The van der Waals surface area contributed by atoms with Crippen LogP contribution in [0.1, 0.15) is 107 Å². The van der Waals surface area contributed by atoms with E-state index in [-0.39, 0.29) is 36.9 Å². The standard InChI is InChI=1S/C48H51N9O6S2/c1-24-27(4)65-47-39(24)40(52-36(20-38(59)60)43-55-54-28(5)57(43)47)31-13-11-30(12-14-31)35-18-17-33(21-49-35)44(61)53-42(48(6,7)8)46(63)56-22-34(58)19-37(56)45(62)51-25(2)29-9-15-32(16-10-29)41-26(3)50-23-64-41/h9-18,21,23,25,34,36-37,42,58H,19-20,22H2,1-8H3,(H,51,62)(H,53,61)(H,59,60)/t25-,34+,36-,37-,42+/m0/s1. The topological polar surface area (TPSA) is 205 Å². The molecule has 1 saturated heterocycles. The van der Waals surface area contributed by atoms with E-state index in [0.717, 1.165) is 53.8 Å². The Morgan fingerprint density at radius 1 is 0.892 bits per heavy atom. The van der Waals surface area contributed by atoms with Crippen molar-refractivity contribution < 1.29 is 29.4 Å². The number of aromatic nitrogens is 5. The quantitative estimate of drug-likeness (QED) is 0.104. The Labute approximate surface area is 384 Å². The second kappa shape index (κ2) is 17.9. The Morgan fingerprint density at radius 3 is 2.22 bits per heavy atom. The van der Waals surface area contributed by atoms with Gasteiger partial charge in [-0.1, -0.05) is 69.3 Å². The van der Waals surface area contributed by atoms with E-state index in [0.29, 0.717) is 23.1 Å². The number of β-amino-alcohol motifs (C(OH)–C–C–N with tert-alkyl or cyclic N) is 1. The monoisotopic (exact) mass is 913 g/mol. The number of pyridine rings is 1. The van der Waals surface area contributed by atoms with E-state index >= 15 is 0 Å². The number of benzene rings is 2. The highest BCUT2D eigenvalue weighted by Crippen LogP contribution is 2.40. The highest BCUT2D eigenvalue weighted by Gasteiger charge is 2.45. The number of amides is 3. The summed E-state index contributed by atoms with van der Waals surface area (Å²) in [5.74, 6) is -1.21. The number of carbonyl (C=O) groups is 4. The molecule has 8 rings (SSSR count). The largest absolute Gasteiger partial charge is 0.481 e. The van der Waals surface area contributed by atoms with Gasteiger partial charge in [-0.05, 0) is 68.9 Å². The molecule has 0 radical (unpaired) electrons. The van der Waals surface area contributed by atoms with Gasteiger partial charge in [0.25, 0.3) is 5.91 Å². The van der Waals surface area contributed by atoms with E-state index in [1.54, 1.807) is 34.8 Å². The maximum atomic E-state index is 14.3. The first kappa shape index (κ1) is 45.1. The number of thiazole rings is 1. The normalized spacial score (nSPS) is 18.0. The Kier molecular flexibility index (Phi) is 12.4. The number of carboxylic acids is 1. The second-order valence-corrected chi connectivity index (χ2v) is 19.9. The van der Waals surface area contributed by atoms with Crippen LogP contribution in [0.2, 0.25) is 0 Å². The van der Waals surface area contributed by atoms with Crippen LogP contribution in [0, 0.1) is 33.1 Å². The third-order valence-corrected chi connectivity index (χ3v) is 14.3. The second-order valence-electron chi connectivity index (χ2n) is 17.8. The summed E-state index contributed by atoms with van der Waals surface area (Å²) in [6.45, 7) is 15.2. The summed E-state index contributed by atoms with van der Waals surface area (Å²) < 4.78 is 1.92. The number of hydrogen-bond donors (Lipinski definition) is 4. The van der Waals surface area contributed by atoms with Crippen molar-refractivity contribution in [3.05, 3.63) is 122 Å². The molecule has 0 bridgehead atoms. The van der Waals surface area contributed by atoms with E-state index in [9.17, 15) is 29.4 Å². The van der Waals surface area contributed by atoms with Crippen molar-refractivity contribution in [1.82, 2.24) is 40.3 Å². The molecule has 5 atom stereocenters. The number of hydrogen-bond acceptors (Lipinski definition) is 12. The number of carbonyl (C=O) groups excluding carboxylic acids is 3. The highest BCUT2D eigenvalue weighted by atomic mass is 32.1. The molecule has 2 aromatic carbocycles. The van der Waals surface area contributed by atoms with Gasteiger partial charge in [0.1, 0.15) is 29.0 Å². The van der Waals surface area contributed by atoms with Gasteiger partial charge in [0.05, 0.1) is 51.6 Å². The number of likely N-dealkylation sites (tertiary alicyclic amines) is 1. The predicted octanol–water partition coefficient (Wildman–Crippen LogP) is 7.10. The van der Waals surface area contributed by atoms with Gasteiger partial charge in [-0.25, -0.2) is 4.98 Å². The Balaban J connectivity index is 0.962. The van der Waals surface area contributed by atoms with Crippen LogP contribution in [-0.2, 0) is 14.4 Å². The minimum Gasteiger partial charge on any atom is -0.481 e. The molecule has 6 heterocycles. The SMILES string of the molecule is Cc1ncsc1-c1ccc([C@H](C)NC(=O)[C@@H]2C[C@@H](O)CN2C(=O)[C@@H](NC(=O)c2ccc(-c3ccc(C4=N[C@@H](CC(=O)O)c5nnc(C)n5-c5sc(C)c(C)c54)cc3)nc2)C(C)(C)C)cc1. The Morgan fingerprint density at radius 2 is 1.58 bits per heavy atom. The van der Waals surface area contributed by atoms with Crippen LogP contribution in [0.15, 0.2) is 77.4 Å². The van der Waals surface area contributed by atoms with Gasteiger partial charge >= 0.3 is 5.97 Å². The lowest BCUT2D eigenvalue weighted by Gasteiger charge is -2.35. The minimum atomic E-state index is -1.03. The fourth-order valence-corrected chi connectivity index (χ4v) is 10.4. The number of rotatable bonds is 11. The van der Waals surface area contributed by atoms with Crippen LogP contribution < -0.4 is 10.6 Å². The number of aliphatic hydroxyl groups is 1. The summed E-state index contributed by atoms with van der Waals surface area (Å²) in [5.41, 5.74) is 8.98. The zero-order valence-corrected chi connectivity index (χ0v) is 39.0. The lowest BCUT2D eigenvalue weighted by Crippen LogP contribution is -2.57. The van der Waals surface area contributed by atoms with E-state index in [2.05, 4.69) is 30.8 Å². The van der Waals surface area contributed by atoms with Crippen molar-refractivity contribution in [3.63, 3.8) is 0 Å².